The van der Waals surface area contributed by atoms with Crippen molar-refractivity contribution < 1.29 is 64.9 Å². The maximum absolute atomic E-state index is 13.0. The summed E-state index contributed by atoms with van der Waals surface area (Å²) in [5, 5.41) is 31.7. The van der Waals surface area contributed by atoms with Gasteiger partial charge in [0.05, 0.1) is 19.8 Å². The summed E-state index contributed by atoms with van der Waals surface area (Å²) in [5.74, 6) is 8.79. The Labute approximate surface area is 576 Å². The Kier molecular flexibility index (Phi) is 26.0. The molecule has 0 aliphatic carbocycles. The lowest BCUT2D eigenvalue weighted by atomic mass is 9.94. The summed E-state index contributed by atoms with van der Waals surface area (Å²) in [4.78, 5) is 79.2. The number of ether oxygens (including phenoxy) is 5. The molecule has 542 valence electrons. The first kappa shape index (κ1) is 81.4. The van der Waals surface area contributed by atoms with Crippen molar-refractivity contribution in [1.82, 2.24) is 28.7 Å². The summed E-state index contributed by atoms with van der Waals surface area (Å²) in [6.07, 6.45) is 0.826. The van der Waals surface area contributed by atoms with E-state index < -0.39 is 163 Å². The predicted molar refractivity (Wildman–Crippen MR) is 382 cm³/mol. The lowest BCUT2D eigenvalue weighted by Gasteiger charge is -2.52. The van der Waals surface area contributed by atoms with Gasteiger partial charge in [0.2, 0.25) is 5.60 Å². The van der Waals surface area contributed by atoms with Gasteiger partial charge in [0.25, 0.3) is 16.7 Å². The van der Waals surface area contributed by atoms with Crippen molar-refractivity contribution in [1.29, 1.82) is 0 Å². The van der Waals surface area contributed by atoms with Gasteiger partial charge in [0.1, 0.15) is 52.8 Å². The maximum Gasteiger partial charge on any atom is 0.335 e. The highest BCUT2D eigenvalue weighted by molar-refractivity contribution is 6.85. The third-order valence-corrected chi connectivity index (χ3v) is 40.9. The zero-order valence-corrected chi connectivity index (χ0v) is 67.1. The summed E-state index contributed by atoms with van der Waals surface area (Å²) in [6.45, 7) is 46.8. The molecule has 0 saturated carbocycles. The van der Waals surface area contributed by atoms with Crippen LogP contribution in [0.2, 0.25) is 83.6 Å². The molecule has 12 atom stereocenters. The number of hydrogen-bond donors (Lipinski definition) is 6. The van der Waals surface area contributed by atoms with E-state index in [1.54, 1.807) is 7.11 Å². The Morgan fingerprint density at radius 3 is 1.20 bits per heavy atom. The fraction of sp³-hybridized carbons (Fsp3) is 0.723. The Morgan fingerprint density at radius 2 is 0.866 bits per heavy atom. The summed E-state index contributed by atoms with van der Waals surface area (Å²) in [6, 6.07) is 3.64. The van der Waals surface area contributed by atoms with E-state index in [9.17, 15) is 44.1 Å². The van der Waals surface area contributed by atoms with Gasteiger partial charge in [0, 0.05) is 51.0 Å². The Bertz CT molecular complexity index is 3740. The van der Waals surface area contributed by atoms with E-state index in [2.05, 4.69) is 194 Å². The van der Waals surface area contributed by atoms with Crippen molar-refractivity contribution in [3.63, 3.8) is 0 Å². The number of nitrogens with zero attached hydrogens (tertiary/aromatic N) is 3. The molecule has 5 aliphatic rings. The average Bonchev–Trinajstić information content (AvgIpc) is 1.64. The van der Waals surface area contributed by atoms with E-state index in [0.29, 0.717) is 0 Å². The SMILES string of the molecule is C#C[C@]1(OC)[C@H](O)[C@@H](CO)O[C@H]1n1ccc(=O)[nH]c1=O.CC(C)[Si]1(C(C)C)OC[C@H]2O[C@@H](n3ccc(=O)[nH]c3=O)[C@](O)(C#C[Si](C)(C)C)[C@@H]2O[Si](C(C)C)(C(C)C)O1.CO[C@@]1(C#C[Si](C)(C)C)[C@@H]2O[Si](C(C)C)(C(C)C)O[Si](C(C)C)(C(C)C)OC[C@H]2O[C@H]1n1ccc(=O)[nH]c1=O. The second-order valence-corrected chi connectivity index (χ2v) is 57.4. The summed E-state index contributed by atoms with van der Waals surface area (Å²) < 4.78 is 76.2. The minimum absolute atomic E-state index is 0.0401. The second-order valence-electron chi connectivity index (χ2n) is 30.3. The fourth-order valence-electron chi connectivity index (χ4n) is 13.5. The number of aliphatic hydroxyl groups is 3. The van der Waals surface area contributed by atoms with Gasteiger partial charge in [-0.25, -0.2) is 14.4 Å². The highest BCUT2D eigenvalue weighted by Gasteiger charge is 2.69. The van der Waals surface area contributed by atoms with E-state index >= 15 is 0 Å². The first-order valence-electron chi connectivity index (χ1n) is 33.5. The molecule has 0 aromatic carbocycles. The number of aromatic amines is 3. The lowest BCUT2D eigenvalue weighted by Crippen LogP contribution is -2.67. The average molecular weight is 1460 g/mol. The van der Waals surface area contributed by atoms with Gasteiger partial charge in [-0.15, -0.1) is 17.5 Å². The van der Waals surface area contributed by atoms with Gasteiger partial charge in [-0.1, -0.05) is 168 Å². The third kappa shape index (κ3) is 16.1. The van der Waals surface area contributed by atoms with Gasteiger partial charge >= 0.3 is 51.3 Å². The van der Waals surface area contributed by atoms with E-state index in [-0.39, 0.29) is 57.5 Å². The standard InChI is InChI=1S/C27H48N2O7Si3.C26H46N2O7Si3.C12H14N2O6/c1-18(2)38(19(3)4)33-17-22-24(35-39(36-38,20(5)6)21(7)8)27(32-9,14-16-37(10,11)12)25(34-22)29-15-13-23(30)28-26(29)31;1-17(2)37(18(3)4)32-16-21-23(34-38(35-37,19(5)6)20(7)8)26(31,13-15-36(9,10)11)24(33-21)28-14-12-22(29)27-25(28)30;1-3-12(19-2)9(17)7(6-15)20-10(12)14-5-4-8(16)13-11(14)18/h13,15,18-22,24-25H,17H2,1-12H3,(H,28,30,31);12,14,17-21,23-24,31H,16H2,1-11H3,(H,27,29,30);1,4-5,7,9-10,15,17H,6H2,2H3,(H,13,16,18)/t22-,24-,25-,27+;21-,23-,24-,26+;7-,9-,10-,12+/m111/s1. The smallest absolute Gasteiger partial charge is 0.335 e. The molecule has 6 N–H and O–H groups in total. The molecule has 97 heavy (non-hydrogen) atoms. The lowest BCUT2D eigenvalue weighted by molar-refractivity contribution is -0.0965. The number of aliphatic hydroxyl groups excluding tert-OH is 2. The van der Waals surface area contributed by atoms with Crippen LogP contribution >= 0.6 is 0 Å². The highest BCUT2D eigenvalue weighted by Crippen LogP contribution is 2.53. The molecule has 3 aromatic rings. The summed E-state index contributed by atoms with van der Waals surface area (Å²) >= 11 is 0. The van der Waals surface area contributed by atoms with Crippen molar-refractivity contribution in [2.24, 2.45) is 0 Å². The second kappa shape index (κ2) is 31.0. The molecule has 5 saturated heterocycles. The molecule has 0 spiro atoms. The molecule has 3 aromatic heterocycles. The maximum atomic E-state index is 13.0. The van der Waals surface area contributed by atoms with Crippen molar-refractivity contribution in [3.8, 4) is 35.3 Å². The zero-order valence-electron chi connectivity index (χ0n) is 61.1. The van der Waals surface area contributed by atoms with Crippen LogP contribution < -0.4 is 33.7 Å². The minimum Gasteiger partial charge on any atom is -0.414 e. The molecule has 5 fully saturated rings. The Balaban J connectivity index is 0.000000242. The van der Waals surface area contributed by atoms with E-state index in [1.165, 1.54) is 47.0 Å². The van der Waals surface area contributed by atoms with Crippen LogP contribution in [-0.2, 0) is 49.6 Å². The minimum atomic E-state index is -3.09. The molecule has 8 heterocycles. The first-order chi connectivity index (χ1) is 44.8. The molecule has 0 unspecified atom stereocenters. The zero-order chi connectivity index (χ0) is 73.3. The molecule has 0 amide bonds. The first-order valence-corrected chi connectivity index (χ1v) is 48.4. The van der Waals surface area contributed by atoms with Crippen LogP contribution in [0.5, 0.6) is 0 Å². The van der Waals surface area contributed by atoms with Crippen LogP contribution in [0, 0.1) is 35.3 Å². The monoisotopic (exact) mass is 1460 g/mol. The number of rotatable bonds is 14. The third-order valence-electron chi connectivity index (χ3n) is 18.7. The summed E-state index contributed by atoms with van der Waals surface area (Å²) in [5.41, 5.74) is -0.832. The van der Waals surface area contributed by atoms with E-state index in [1.807, 2.05) is 0 Å². The fourth-order valence-corrected chi connectivity index (χ4v) is 37.0. The molecular weight excluding hydrogens is 1350 g/mol. The predicted octanol–water partition coefficient (Wildman–Crippen LogP) is 6.46. The Hall–Kier alpha value is -4.54. The normalized spacial score (nSPS) is 29.8. The number of nitrogens with one attached hydrogen (secondary N) is 3. The molecule has 8 rings (SSSR count). The largest absolute Gasteiger partial charge is 0.414 e. The van der Waals surface area contributed by atoms with Crippen LogP contribution in [0.25, 0.3) is 0 Å². The van der Waals surface area contributed by atoms with Gasteiger partial charge in [-0.3, -0.25) is 43.0 Å². The van der Waals surface area contributed by atoms with Crippen LogP contribution in [0.15, 0.2) is 65.6 Å². The van der Waals surface area contributed by atoms with E-state index in [4.69, 9.17) is 56.0 Å². The van der Waals surface area contributed by atoms with Crippen molar-refractivity contribution in [3.05, 3.63) is 99.3 Å². The molecule has 26 nitrogen and oxygen atoms in total. The van der Waals surface area contributed by atoms with Crippen LogP contribution in [0.3, 0.4) is 0 Å². The number of aromatic nitrogens is 6. The molecule has 0 radical (unpaired) electrons. The topological polar surface area (TPSA) is 327 Å². The van der Waals surface area contributed by atoms with Gasteiger partial charge in [-0.2, -0.15) is 0 Å². The highest BCUT2D eigenvalue weighted by atomic mass is 28.5. The molecule has 0 bridgehead atoms. The Morgan fingerprint density at radius 1 is 0.536 bits per heavy atom. The van der Waals surface area contributed by atoms with E-state index in [0.717, 1.165) is 10.6 Å². The molecular formula is C65H108N6O20Si6. The van der Waals surface area contributed by atoms with Crippen molar-refractivity contribution >= 4 is 50.4 Å². The van der Waals surface area contributed by atoms with Gasteiger partial charge < -0.3 is 64.9 Å². The number of fused-ring (bicyclic) bond motifs is 2. The molecule has 5 aliphatic heterocycles. The number of methoxy groups -OCH3 is 2. The molecule has 32 heteroatoms. The quantitative estimate of drug-likeness (QED) is 0.0744. The van der Waals surface area contributed by atoms with Crippen LogP contribution in [-0.4, -0.2) is 182 Å². The summed E-state index contributed by atoms with van der Waals surface area (Å²) in [7, 11) is -12.7. The number of terminal acetylenes is 1. The number of hydrogen-bond acceptors (Lipinski definition) is 20. The van der Waals surface area contributed by atoms with Crippen LogP contribution in [0.4, 0.5) is 0 Å². The van der Waals surface area contributed by atoms with Crippen molar-refractivity contribution in [2.45, 2.75) is 267 Å². The van der Waals surface area contributed by atoms with Gasteiger partial charge in [0.15, 0.2) is 29.9 Å². The number of H-pyrrole nitrogens is 3. The van der Waals surface area contributed by atoms with Crippen LogP contribution in [0.1, 0.15) is 129 Å². The van der Waals surface area contributed by atoms with Gasteiger partial charge in [-0.05, 0) is 44.3 Å². The van der Waals surface area contributed by atoms with Crippen molar-refractivity contribution in [2.75, 3.05) is 34.0 Å².